The van der Waals surface area contributed by atoms with Gasteiger partial charge in [-0.1, -0.05) is 17.7 Å². The molecule has 2 N–H and O–H groups in total. The van der Waals surface area contributed by atoms with Crippen LogP contribution in [0, 0.1) is 6.92 Å². The molecule has 0 aromatic heterocycles. The molecule has 1 unspecified atom stereocenters. The zero-order chi connectivity index (χ0) is 18.4. The van der Waals surface area contributed by atoms with Crippen molar-refractivity contribution in [2.24, 2.45) is 0 Å². The third kappa shape index (κ3) is 6.76. The summed E-state index contributed by atoms with van der Waals surface area (Å²) in [6.07, 6.45) is 2.78. The van der Waals surface area contributed by atoms with E-state index in [0.29, 0.717) is 11.6 Å². The van der Waals surface area contributed by atoms with E-state index < -0.39 is 5.97 Å². The zero-order valence-electron chi connectivity index (χ0n) is 15.2. The maximum atomic E-state index is 12.3. The van der Waals surface area contributed by atoms with Crippen LogP contribution in [0.25, 0.3) is 0 Å². The Morgan fingerprint density at radius 2 is 2.08 bits per heavy atom. The molecule has 1 saturated heterocycles. The maximum absolute atomic E-state index is 12.3. The molecule has 6 nitrogen and oxygen atoms in total. The van der Waals surface area contributed by atoms with Gasteiger partial charge in [-0.05, 0) is 57.5 Å². The Bertz CT molecular complexity index is 628. The molecule has 1 amide bonds. The van der Waals surface area contributed by atoms with Crippen LogP contribution >= 0.6 is 24.0 Å². The van der Waals surface area contributed by atoms with Gasteiger partial charge in [0.25, 0.3) is 0 Å². The number of carbonyl (C=O) groups is 2. The van der Waals surface area contributed by atoms with Crippen LogP contribution in [-0.4, -0.2) is 66.1 Å². The second kappa shape index (κ2) is 10.7. The number of halogens is 2. The van der Waals surface area contributed by atoms with Gasteiger partial charge in [0.05, 0.1) is 13.1 Å². The van der Waals surface area contributed by atoms with Crippen LogP contribution in [-0.2, 0) is 9.59 Å². The molecular weight excluding hydrogens is 377 g/mol. The number of nitrogens with zero attached hydrogens (tertiary/aromatic N) is 2. The summed E-state index contributed by atoms with van der Waals surface area (Å²) in [4.78, 5) is 27.2. The van der Waals surface area contributed by atoms with Crippen molar-refractivity contribution in [1.82, 2.24) is 9.80 Å². The van der Waals surface area contributed by atoms with Crippen molar-refractivity contribution in [2.45, 2.75) is 32.2 Å². The van der Waals surface area contributed by atoms with E-state index in [1.807, 2.05) is 31.0 Å². The van der Waals surface area contributed by atoms with Crippen molar-refractivity contribution in [3.63, 3.8) is 0 Å². The first-order valence-electron chi connectivity index (χ1n) is 8.56. The molecule has 1 aromatic rings. The lowest BCUT2D eigenvalue weighted by atomic mass is 10.1. The van der Waals surface area contributed by atoms with E-state index in [2.05, 4.69) is 10.2 Å². The van der Waals surface area contributed by atoms with Gasteiger partial charge in [-0.15, -0.1) is 12.4 Å². The van der Waals surface area contributed by atoms with Crippen LogP contribution < -0.4 is 5.32 Å². The molecular formula is C18H27Cl2N3O3. The molecule has 2 rings (SSSR count). The Hall–Kier alpha value is -1.34. The van der Waals surface area contributed by atoms with Crippen LogP contribution in [0.4, 0.5) is 5.69 Å². The Labute approximate surface area is 165 Å². The summed E-state index contributed by atoms with van der Waals surface area (Å²) < 4.78 is 0. The maximum Gasteiger partial charge on any atom is 0.317 e. The van der Waals surface area contributed by atoms with Crippen LogP contribution in [0.15, 0.2) is 18.2 Å². The molecule has 26 heavy (non-hydrogen) atoms. The van der Waals surface area contributed by atoms with Crippen molar-refractivity contribution in [2.75, 3.05) is 38.5 Å². The molecule has 8 heteroatoms. The zero-order valence-corrected chi connectivity index (χ0v) is 16.8. The minimum atomic E-state index is -0.806. The number of carboxylic acid groups (broad SMARTS) is 1. The highest BCUT2D eigenvalue weighted by Crippen LogP contribution is 2.23. The Morgan fingerprint density at radius 3 is 2.77 bits per heavy atom. The number of nitrogens with one attached hydrogen (secondary N) is 1. The number of likely N-dealkylation sites (tertiary alicyclic amines) is 1. The molecule has 146 valence electrons. The normalized spacial score (nSPS) is 18.1. The number of rotatable bonds is 6. The van der Waals surface area contributed by atoms with Gasteiger partial charge < -0.3 is 10.4 Å². The predicted molar refractivity (Wildman–Crippen MR) is 106 cm³/mol. The van der Waals surface area contributed by atoms with Crippen molar-refractivity contribution in [3.05, 3.63) is 28.8 Å². The predicted octanol–water partition coefficient (Wildman–Crippen LogP) is 2.88. The molecule has 1 atom stereocenters. The van der Waals surface area contributed by atoms with E-state index in [1.54, 1.807) is 6.07 Å². The van der Waals surface area contributed by atoms with Gasteiger partial charge in [0, 0.05) is 23.3 Å². The van der Waals surface area contributed by atoms with Gasteiger partial charge in [0.2, 0.25) is 5.91 Å². The fraction of sp³-hybridized carbons (Fsp3) is 0.556. The third-order valence-corrected chi connectivity index (χ3v) is 5.12. The lowest BCUT2D eigenvalue weighted by Gasteiger charge is -2.25. The summed E-state index contributed by atoms with van der Waals surface area (Å²) in [5.74, 6) is -0.859. The van der Waals surface area contributed by atoms with Crippen LogP contribution in [0.2, 0.25) is 5.02 Å². The summed E-state index contributed by atoms with van der Waals surface area (Å²) in [6, 6.07) is 5.71. The summed E-state index contributed by atoms with van der Waals surface area (Å²) >= 11 is 6.08. The average molecular weight is 404 g/mol. The first kappa shape index (κ1) is 22.7. The molecule has 0 aliphatic carbocycles. The smallest absolute Gasteiger partial charge is 0.317 e. The van der Waals surface area contributed by atoms with E-state index in [1.165, 1.54) is 0 Å². The third-order valence-electron chi connectivity index (χ3n) is 4.71. The number of likely N-dealkylation sites (N-methyl/N-ethyl adjacent to an activating group) is 1. The van der Waals surface area contributed by atoms with Gasteiger partial charge >= 0.3 is 5.97 Å². The second-order valence-corrected chi connectivity index (χ2v) is 7.04. The topological polar surface area (TPSA) is 72.9 Å². The first-order chi connectivity index (χ1) is 11.9. The minimum absolute atomic E-state index is 0. The molecule has 0 spiro atoms. The molecule has 0 radical (unpaired) electrons. The van der Waals surface area contributed by atoms with Crippen molar-refractivity contribution >= 4 is 41.6 Å². The SMILES string of the molecule is Cc1c(Cl)cccc1NC(=O)CN1CCCC(N(C)CC(=O)O)CC1.Cl. The number of hydrogen-bond acceptors (Lipinski definition) is 4. The number of carboxylic acids is 1. The Kier molecular flexibility index (Phi) is 9.36. The lowest BCUT2D eigenvalue weighted by molar-refractivity contribution is -0.138. The van der Waals surface area contributed by atoms with Gasteiger partial charge in [0.15, 0.2) is 0 Å². The largest absolute Gasteiger partial charge is 0.480 e. The van der Waals surface area contributed by atoms with E-state index in [0.717, 1.165) is 43.6 Å². The number of hydrogen-bond donors (Lipinski definition) is 2. The van der Waals surface area contributed by atoms with E-state index >= 15 is 0 Å². The van der Waals surface area contributed by atoms with Crippen molar-refractivity contribution in [3.8, 4) is 0 Å². The minimum Gasteiger partial charge on any atom is -0.480 e. The summed E-state index contributed by atoms with van der Waals surface area (Å²) in [6.45, 7) is 3.91. The van der Waals surface area contributed by atoms with Crippen LogP contribution in [0.5, 0.6) is 0 Å². The summed E-state index contributed by atoms with van der Waals surface area (Å²) in [5, 5.41) is 12.5. The van der Waals surface area contributed by atoms with Crippen molar-refractivity contribution in [1.29, 1.82) is 0 Å². The van der Waals surface area contributed by atoms with Crippen molar-refractivity contribution < 1.29 is 14.7 Å². The molecule has 0 bridgehead atoms. The summed E-state index contributed by atoms with van der Waals surface area (Å²) in [5.41, 5.74) is 1.61. The Morgan fingerprint density at radius 1 is 1.35 bits per heavy atom. The monoisotopic (exact) mass is 403 g/mol. The molecule has 1 heterocycles. The fourth-order valence-electron chi connectivity index (χ4n) is 3.22. The number of amides is 1. The number of benzene rings is 1. The van der Waals surface area contributed by atoms with Gasteiger partial charge in [-0.25, -0.2) is 0 Å². The molecule has 0 saturated carbocycles. The van der Waals surface area contributed by atoms with Gasteiger partial charge in [-0.3, -0.25) is 19.4 Å². The molecule has 1 aliphatic heterocycles. The highest BCUT2D eigenvalue weighted by Gasteiger charge is 2.22. The molecule has 1 fully saturated rings. The quantitative estimate of drug-likeness (QED) is 0.763. The lowest BCUT2D eigenvalue weighted by Crippen LogP contribution is -2.37. The van der Waals surface area contributed by atoms with E-state index in [4.69, 9.17) is 16.7 Å². The van der Waals surface area contributed by atoms with E-state index in [9.17, 15) is 9.59 Å². The highest BCUT2D eigenvalue weighted by molar-refractivity contribution is 6.31. The standard InChI is InChI=1S/C18H26ClN3O3.ClH/c1-13-15(19)6-3-7-16(13)20-17(23)11-22-9-4-5-14(8-10-22)21(2)12-18(24)25;/h3,6-7,14H,4-5,8-12H2,1-2H3,(H,20,23)(H,24,25);1H. The van der Waals surface area contributed by atoms with Gasteiger partial charge in [-0.2, -0.15) is 0 Å². The average Bonchev–Trinajstić information content (AvgIpc) is 2.77. The summed E-state index contributed by atoms with van der Waals surface area (Å²) in [7, 11) is 1.85. The van der Waals surface area contributed by atoms with Crippen LogP contribution in [0.1, 0.15) is 24.8 Å². The highest BCUT2D eigenvalue weighted by atomic mass is 35.5. The van der Waals surface area contributed by atoms with Crippen LogP contribution in [0.3, 0.4) is 0 Å². The number of carbonyl (C=O) groups excluding carboxylic acids is 1. The number of aliphatic carboxylic acids is 1. The molecule has 1 aliphatic rings. The van der Waals surface area contributed by atoms with Gasteiger partial charge in [0.1, 0.15) is 0 Å². The molecule has 1 aromatic carbocycles. The second-order valence-electron chi connectivity index (χ2n) is 6.63. The van der Waals surface area contributed by atoms with E-state index in [-0.39, 0.29) is 30.9 Å². The fourth-order valence-corrected chi connectivity index (χ4v) is 3.39. The first-order valence-corrected chi connectivity index (χ1v) is 8.94. The Balaban J connectivity index is 0.00000338. The number of anilines is 1.